The zero-order chi connectivity index (χ0) is 26.8. The summed E-state index contributed by atoms with van der Waals surface area (Å²) in [5, 5.41) is 11.4. The fraction of sp³-hybridized carbons (Fsp3) is 0.407. The first-order valence-electron chi connectivity index (χ1n) is 12.3. The highest BCUT2D eigenvalue weighted by molar-refractivity contribution is 6.46. The maximum absolute atomic E-state index is 13.5. The van der Waals surface area contributed by atoms with Crippen molar-refractivity contribution >= 4 is 17.4 Å². The monoisotopic (exact) mass is 526 g/mol. The number of carbonyl (C=O) groups is 2. The second kappa shape index (κ2) is 10.8. The van der Waals surface area contributed by atoms with Crippen molar-refractivity contribution in [1.29, 1.82) is 0 Å². The lowest BCUT2D eigenvalue weighted by Gasteiger charge is -2.31. The van der Waals surface area contributed by atoms with E-state index in [1.165, 1.54) is 26.2 Å². The third-order valence-corrected chi connectivity index (χ3v) is 6.95. The van der Waals surface area contributed by atoms with Crippen molar-refractivity contribution in [2.24, 2.45) is 0 Å². The lowest BCUT2D eigenvalue weighted by Crippen LogP contribution is -2.42. The minimum absolute atomic E-state index is 0.0146. The van der Waals surface area contributed by atoms with Crippen molar-refractivity contribution in [3.63, 3.8) is 0 Å². The first-order chi connectivity index (χ1) is 18.5. The molecule has 1 amide bonds. The number of hydrogen-bond donors (Lipinski definition) is 1. The topological polar surface area (TPSA) is 116 Å². The van der Waals surface area contributed by atoms with Crippen LogP contribution in [0.1, 0.15) is 17.2 Å². The van der Waals surface area contributed by atoms with Crippen LogP contribution in [0.15, 0.2) is 35.9 Å². The van der Waals surface area contributed by atoms with E-state index in [9.17, 15) is 14.7 Å². The number of fused-ring (bicyclic) bond motifs is 1. The molecule has 0 aliphatic carbocycles. The summed E-state index contributed by atoms with van der Waals surface area (Å²) in [4.78, 5) is 30.6. The molecule has 2 aromatic rings. The van der Waals surface area contributed by atoms with E-state index in [0.29, 0.717) is 48.1 Å². The number of morpholine rings is 1. The van der Waals surface area contributed by atoms with Gasteiger partial charge in [-0.2, -0.15) is 0 Å². The maximum atomic E-state index is 13.5. The van der Waals surface area contributed by atoms with Gasteiger partial charge in [-0.25, -0.2) is 0 Å². The number of nitrogens with zero attached hydrogens (tertiary/aromatic N) is 2. The summed E-state index contributed by atoms with van der Waals surface area (Å²) in [7, 11) is 4.44. The van der Waals surface area contributed by atoms with E-state index in [2.05, 4.69) is 4.90 Å². The fourth-order valence-electron chi connectivity index (χ4n) is 5.05. The Morgan fingerprint density at radius 3 is 2.47 bits per heavy atom. The van der Waals surface area contributed by atoms with Gasteiger partial charge in [0.1, 0.15) is 11.5 Å². The fourth-order valence-corrected chi connectivity index (χ4v) is 5.05. The van der Waals surface area contributed by atoms with Gasteiger partial charge in [0, 0.05) is 37.3 Å². The Bertz CT molecular complexity index is 1270. The number of aliphatic hydroxyl groups excluding tert-OH is 1. The Kier molecular flexibility index (Phi) is 7.30. The molecular formula is C27H30N2O9. The van der Waals surface area contributed by atoms with Crippen LogP contribution >= 0.6 is 0 Å². The SMILES string of the molecule is COc1cccc(C(O)=C2C(=O)C(=O)N(CCN3CCOCC3)[C@@H]2c2cc3c(c(OC)c2OC)OCO3)c1. The molecule has 38 heavy (non-hydrogen) atoms. The van der Waals surface area contributed by atoms with Crippen LogP contribution in [0.5, 0.6) is 28.7 Å². The van der Waals surface area contributed by atoms with E-state index < -0.39 is 17.7 Å². The second-order valence-electron chi connectivity index (χ2n) is 8.94. The van der Waals surface area contributed by atoms with E-state index >= 15 is 0 Å². The number of rotatable bonds is 8. The quantitative estimate of drug-likeness (QED) is 0.312. The van der Waals surface area contributed by atoms with Gasteiger partial charge in [0.15, 0.2) is 11.5 Å². The normalized spacial score (nSPS) is 20.6. The molecule has 0 radical (unpaired) electrons. The molecule has 0 bridgehead atoms. The molecule has 0 spiro atoms. The highest BCUT2D eigenvalue weighted by atomic mass is 16.7. The number of ketones is 1. The van der Waals surface area contributed by atoms with Crippen LogP contribution in [-0.4, -0.2) is 94.1 Å². The van der Waals surface area contributed by atoms with Crippen molar-refractivity contribution in [2.75, 3.05) is 67.5 Å². The molecule has 0 unspecified atom stereocenters. The summed E-state index contributed by atoms with van der Waals surface area (Å²) >= 11 is 0. The lowest BCUT2D eigenvalue weighted by molar-refractivity contribution is -0.140. The van der Waals surface area contributed by atoms with E-state index in [1.807, 2.05) is 0 Å². The van der Waals surface area contributed by atoms with Gasteiger partial charge in [0.25, 0.3) is 11.7 Å². The summed E-state index contributed by atoms with van der Waals surface area (Å²) in [5.74, 6) is -0.0326. The molecule has 2 saturated heterocycles. The van der Waals surface area contributed by atoms with Gasteiger partial charge < -0.3 is 38.4 Å². The number of amides is 1. The first kappa shape index (κ1) is 25.7. The molecule has 0 aromatic heterocycles. The number of hydrogen-bond acceptors (Lipinski definition) is 10. The van der Waals surface area contributed by atoms with Crippen LogP contribution in [0.2, 0.25) is 0 Å². The zero-order valence-corrected chi connectivity index (χ0v) is 21.5. The highest BCUT2D eigenvalue weighted by Gasteiger charge is 2.48. The Morgan fingerprint density at radius 1 is 1.00 bits per heavy atom. The predicted octanol–water partition coefficient (Wildman–Crippen LogP) is 2.19. The summed E-state index contributed by atoms with van der Waals surface area (Å²) in [6.07, 6.45) is 0. The zero-order valence-electron chi connectivity index (χ0n) is 21.5. The Balaban J connectivity index is 1.66. The Labute approximate surface area is 220 Å². The number of benzene rings is 2. The van der Waals surface area contributed by atoms with Crippen LogP contribution in [0.4, 0.5) is 0 Å². The predicted molar refractivity (Wildman–Crippen MR) is 135 cm³/mol. The minimum atomic E-state index is -0.972. The molecule has 2 fully saturated rings. The molecule has 1 N–H and O–H groups in total. The van der Waals surface area contributed by atoms with Crippen molar-refractivity contribution in [1.82, 2.24) is 9.80 Å². The molecule has 202 valence electrons. The van der Waals surface area contributed by atoms with E-state index in [1.54, 1.807) is 30.3 Å². The summed E-state index contributed by atoms with van der Waals surface area (Å²) in [6.45, 7) is 3.40. The second-order valence-corrected chi connectivity index (χ2v) is 8.94. The van der Waals surface area contributed by atoms with Gasteiger partial charge in [0.05, 0.1) is 46.2 Å². The number of methoxy groups -OCH3 is 3. The van der Waals surface area contributed by atoms with Crippen LogP contribution in [0.25, 0.3) is 5.76 Å². The van der Waals surface area contributed by atoms with Crippen LogP contribution < -0.4 is 23.7 Å². The van der Waals surface area contributed by atoms with Crippen molar-refractivity contribution < 1.29 is 43.1 Å². The highest BCUT2D eigenvalue weighted by Crippen LogP contribution is 2.53. The van der Waals surface area contributed by atoms with Gasteiger partial charge in [0.2, 0.25) is 18.3 Å². The molecule has 5 rings (SSSR count). The Morgan fingerprint density at radius 2 is 1.76 bits per heavy atom. The van der Waals surface area contributed by atoms with Gasteiger partial charge >= 0.3 is 0 Å². The van der Waals surface area contributed by atoms with Gasteiger partial charge in [-0.3, -0.25) is 14.5 Å². The van der Waals surface area contributed by atoms with Gasteiger partial charge in [-0.15, -0.1) is 0 Å². The average Bonchev–Trinajstić information content (AvgIpc) is 3.52. The molecular weight excluding hydrogens is 496 g/mol. The van der Waals surface area contributed by atoms with Crippen LogP contribution in [0.3, 0.4) is 0 Å². The first-order valence-corrected chi connectivity index (χ1v) is 12.3. The van der Waals surface area contributed by atoms with E-state index in [-0.39, 0.29) is 36.2 Å². The molecule has 11 nitrogen and oxygen atoms in total. The molecule has 0 saturated carbocycles. The van der Waals surface area contributed by atoms with Crippen molar-refractivity contribution in [2.45, 2.75) is 6.04 Å². The largest absolute Gasteiger partial charge is 0.507 e. The molecule has 3 heterocycles. The number of likely N-dealkylation sites (tertiary alicyclic amines) is 1. The molecule has 3 aliphatic rings. The standard InChI is InChI=1S/C27H30N2O9/c1-33-17-6-4-5-16(13-17)22(30)20-21(18-14-19-25(38-15-37-19)26(35-3)24(18)34-2)29(27(32)23(20)31)8-7-28-9-11-36-12-10-28/h4-6,13-14,21,30H,7-12,15H2,1-3H3/t21-/m1/s1. The molecule has 1 atom stereocenters. The molecule has 3 aliphatic heterocycles. The lowest BCUT2D eigenvalue weighted by atomic mass is 9.93. The third-order valence-electron chi connectivity index (χ3n) is 6.95. The summed E-state index contributed by atoms with van der Waals surface area (Å²) in [6, 6.07) is 7.36. The smallest absolute Gasteiger partial charge is 0.295 e. The maximum Gasteiger partial charge on any atom is 0.295 e. The van der Waals surface area contributed by atoms with E-state index in [4.69, 9.17) is 28.4 Å². The average molecular weight is 527 g/mol. The number of ether oxygens (including phenoxy) is 6. The van der Waals surface area contributed by atoms with Gasteiger partial charge in [-0.05, 0) is 18.2 Å². The van der Waals surface area contributed by atoms with E-state index in [0.717, 1.165) is 13.1 Å². The summed E-state index contributed by atoms with van der Waals surface area (Å²) < 4.78 is 33.3. The van der Waals surface area contributed by atoms with Crippen LogP contribution in [0, 0.1) is 0 Å². The number of Topliss-reactive ketones (excluding diaryl/α,β-unsaturated/α-hetero) is 1. The molecule has 11 heteroatoms. The Hall–Kier alpha value is -3.96. The third kappa shape index (κ3) is 4.48. The number of carbonyl (C=O) groups excluding carboxylic acids is 2. The van der Waals surface area contributed by atoms with Gasteiger partial charge in [-0.1, -0.05) is 12.1 Å². The summed E-state index contributed by atoms with van der Waals surface area (Å²) in [5.41, 5.74) is 0.705. The van der Waals surface area contributed by atoms with Crippen LogP contribution in [-0.2, 0) is 14.3 Å². The minimum Gasteiger partial charge on any atom is -0.507 e. The molecule has 2 aromatic carbocycles. The van der Waals surface area contributed by atoms with Crippen molar-refractivity contribution in [3.05, 3.63) is 47.0 Å². The van der Waals surface area contributed by atoms with Crippen molar-refractivity contribution in [3.8, 4) is 28.7 Å². The number of aliphatic hydroxyl groups is 1.